The molecule has 0 fully saturated rings. The van der Waals surface area contributed by atoms with Crippen LogP contribution in [0.4, 0.5) is 0 Å². The second-order valence-electron chi connectivity index (χ2n) is 5.46. The van der Waals surface area contributed by atoms with Crippen molar-refractivity contribution < 1.29 is 0 Å². The van der Waals surface area contributed by atoms with Crippen LogP contribution in [0.1, 0.15) is 79.1 Å². The van der Waals surface area contributed by atoms with Gasteiger partial charge in [-0.25, -0.2) is 10.0 Å². The first-order valence-corrected chi connectivity index (χ1v) is 10.3. The van der Waals surface area contributed by atoms with E-state index in [0.29, 0.717) is 0 Å². The van der Waals surface area contributed by atoms with Crippen molar-refractivity contribution in [1.82, 2.24) is 0 Å². The average molecular weight is 261 g/mol. The van der Waals surface area contributed by atoms with Crippen molar-refractivity contribution >= 4 is 10.0 Å². The first-order chi connectivity index (χ1) is 8.24. The van der Waals surface area contributed by atoms with Crippen LogP contribution in [0.25, 0.3) is 0 Å². The Labute approximate surface area is 112 Å². The van der Waals surface area contributed by atoms with Crippen molar-refractivity contribution in [2.75, 3.05) is 23.0 Å². The molecule has 17 heavy (non-hydrogen) atoms. The van der Waals surface area contributed by atoms with Crippen LogP contribution in [0.15, 0.2) is 0 Å². The van der Waals surface area contributed by atoms with Gasteiger partial charge in [-0.05, 0) is 48.7 Å². The molecule has 0 aliphatic heterocycles. The molecule has 0 rings (SSSR count). The fraction of sp³-hybridized carbons (Fsp3) is 1.00. The van der Waals surface area contributed by atoms with E-state index in [1.165, 1.54) is 51.4 Å². The number of rotatable bonds is 12. The molecular formula is C16H36S. The molecule has 0 spiro atoms. The summed E-state index contributed by atoms with van der Waals surface area (Å²) < 4.78 is 0. The predicted octanol–water partition coefficient (Wildman–Crippen LogP) is 5.99. The van der Waals surface area contributed by atoms with Gasteiger partial charge in [0.25, 0.3) is 0 Å². The predicted molar refractivity (Wildman–Crippen MR) is 86.7 cm³/mol. The second kappa shape index (κ2) is 11.4. The van der Waals surface area contributed by atoms with Gasteiger partial charge in [0.15, 0.2) is 0 Å². The Kier molecular flexibility index (Phi) is 11.7. The van der Waals surface area contributed by atoms with Crippen LogP contribution in [0.5, 0.6) is 0 Å². The largest absolute Gasteiger partial charge is 0.241 e. The molecule has 0 aromatic heterocycles. The molecule has 0 aromatic carbocycles. The lowest BCUT2D eigenvalue weighted by Gasteiger charge is -2.41. The highest BCUT2D eigenvalue weighted by Gasteiger charge is 2.21. The number of hydrogen-bond acceptors (Lipinski definition) is 0. The van der Waals surface area contributed by atoms with E-state index in [-0.39, 0.29) is 10.0 Å². The van der Waals surface area contributed by atoms with Gasteiger partial charge < -0.3 is 0 Å². The Morgan fingerprint density at radius 3 is 0.882 bits per heavy atom. The van der Waals surface area contributed by atoms with Crippen LogP contribution in [0.2, 0.25) is 0 Å². The van der Waals surface area contributed by atoms with E-state index in [9.17, 15) is 0 Å². The van der Waals surface area contributed by atoms with Crippen molar-refractivity contribution in [3.05, 3.63) is 0 Å². The Balaban J connectivity index is 4.39. The molecule has 0 aliphatic carbocycles. The number of hydrogen-bond donors (Lipinski definition) is 0. The summed E-state index contributed by atoms with van der Waals surface area (Å²) in [6.07, 6.45) is 11.5. The molecule has 0 nitrogen and oxygen atoms in total. The highest BCUT2D eigenvalue weighted by Crippen LogP contribution is 2.51. The summed E-state index contributed by atoms with van der Waals surface area (Å²) >= 11 is 0. The minimum Gasteiger partial charge on any atom is -0.241 e. The topological polar surface area (TPSA) is 0 Å². The monoisotopic (exact) mass is 260 g/mol. The Morgan fingerprint density at radius 1 is 0.471 bits per heavy atom. The average Bonchev–Trinajstić information content (AvgIpc) is 2.37. The summed E-state index contributed by atoms with van der Waals surface area (Å²) in [4.78, 5) is 0. The van der Waals surface area contributed by atoms with Crippen molar-refractivity contribution in [2.24, 2.45) is 0 Å². The van der Waals surface area contributed by atoms with Gasteiger partial charge in [0, 0.05) is 0 Å². The molecule has 1 heteroatoms. The van der Waals surface area contributed by atoms with Crippen molar-refractivity contribution in [2.45, 2.75) is 79.1 Å². The summed E-state index contributed by atoms with van der Waals surface area (Å²) in [5, 5.41) is 0. The van der Waals surface area contributed by atoms with Crippen LogP contribution < -0.4 is 0 Å². The lowest BCUT2D eigenvalue weighted by Crippen LogP contribution is -2.18. The molecule has 0 bridgehead atoms. The van der Waals surface area contributed by atoms with E-state index in [1.807, 2.05) is 0 Å². The molecule has 106 valence electrons. The quantitative estimate of drug-likeness (QED) is 0.404. The van der Waals surface area contributed by atoms with Crippen LogP contribution in [-0.2, 0) is 0 Å². The van der Waals surface area contributed by atoms with E-state index in [2.05, 4.69) is 27.7 Å². The maximum atomic E-state index is 2.35. The molecule has 0 radical (unpaired) electrons. The first kappa shape index (κ1) is 17.4. The van der Waals surface area contributed by atoms with Crippen molar-refractivity contribution in [1.29, 1.82) is 0 Å². The summed E-state index contributed by atoms with van der Waals surface area (Å²) in [6, 6.07) is 0. The first-order valence-electron chi connectivity index (χ1n) is 7.98. The van der Waals surface area contributed by atoms with Crippen LogP contribution in [-0.4, -0.2) is 23.0 Å². The second-order valence-corrected chi connectivity index (χ2v) is 9.54. The molecule has 0 aliphatic rings. The Hall–Kier alpha value is 0.350. The highest BCUT2D eigenvalue weighted by molar-refractivity contribution is 8.33. The summed E-state index contributed by atoms with van der Waals surface area (Å²) in [5.41, 5.74) is 0. The van der Waals surface area contributed by atoms with Crippen LogP contribution in [0.3, 0.4) is 0 Å². The lowest BCUT2D eigenvalue weighted by atomic mass is 10.4. The zero-order valence-electron chi connectivity index (χ0n) is 12.9. The highest BCUT2D eigenvalue weighted by atomic mass is 32.3. The van der Waals surface area contributed by atoms with Gasteiger partial charge in [0.05, 0.1) is 0 Å². The third-order valence-corrected chi connectivity index (χ3v) is 8.34. The van der Waals surface area contributed by atoms with E-state index in [4.69, 9.17) is 0 Å². The van der Waals surface area contributed by atoms with E-state index < -0.39 is 0 Å². The molecule has 0 N–H and O–H groups in total. The Morgan fingerprint density at radius 2 is 0.706 bits per heavy atom. The van der Waals surface area contributed by atoms with Crippen molar-refractivity contribution in [3.8, 4) is 0 Å². The Bertz CT molecular complexity index is 116. The van der Waals surface area contributed by atoms with Crippen molar-refractivity contribution in [3.63, 3.8) is 0 Å². The summed E-state index contributed by atoms with van der Waals surface area (Å²) in [6.45, 7) is 9.40. The maximum Gasteiger partial charge on any atom is -0.0228 e. The molecule has 0 heterocycles. The van der Waals surface area contributed by atoms with E-state index in [0.717, 1.165) is 0 Å². The fourth-order valence-corrected chi connectivity index (χ4v) is 7.24. The summed E-state index contributed by atoms with van der Waals surface area (Å²) in [5.74, 6) is 6.29. The normalized spacial score (nSPS) is 12.9. The fourth-order valence-electron chi connectivity index (χ4n) is 2.41. The molecule has 0 saturated carbocycles. The lowest BCUT2D eigenvalue weighted by molar-refractivity contribution is 0.828. The van der Waals surface area contributed by atoms with Crippen LogP contribution in [0, 0.1) is 0 Å². The minimum atomic E-state index is -0.245. The van der Waals surface area contributed by atoms with Gasteiger partial charge in [-0.2, -0.15) is 0 Å². The molecular weight excluding hydrogens is 224 g/mol. The third-order valence-electron chi connectivity index (χ3n) is 3.72. The van der Waals surface area contributed by atoms with E-state index in [1.54, 1.807) is 23.0 Å². The van der Waals surface area contributed by atoms with Gasteiger partial charge in [-0.3, -0.25) is 0 Å². The zero-order valence-corrected chi connectivity index (χ0v) is 13.7. The maximum absolute atomic E-state index is 2.35. The van der Waals surface area contributed by atoms with Gasteiger partial charge >= 0.3 is 0 Å². The third kappa shape index (κ3) is 8.13. The molecule has 0 atom stereocenters. The van der Waals surface area contributed by atoms with Gasteiger partial charge in [0.1, 0.15) is 0 Å². The van der Waals surface area contributed by atoms with Gasteiger partial charge in [-0.1, -0.05) is 53.4 Å². The molecule has 0 amide bonds. The van der Waals surface area contributed by atoms with Gasteiger partial charge in [0.2, 0.25) is 0 Å². The molecule has 0 aromatic rings. The molecule has 0 unspecified atom stereocenters. The number of unbranched alkanes of at least 4 members (excludes halogenated alkanes) is 4. The van der Waals surface area contributed by atoms with Crippen LogP contribution >= 0.6 is 10.0 Å². The summed E-state index contributed by atoms with van der Waals surface area (Å²) in [7, 11) is -0.245. The van der Waals surface area contributed by atoms with E-state index >= 15 is 0 Å². The van der Waals surface area contributed by atoms with Gasteiger partial charge in [-0.15, -0.1) is 0 Å². The molecule has 0 saturated heterocycles. The minimum absolute atomic E-state index is 0.245. The zero-order chi connectivity index (χ0) is 13.0. The smallest absolute Gasteiger partial charge is 0.0228 e. The SMILES string of the molecule is CCCCS(CCCC)(CCCC)CCCC. The standard InChI is InChI=1S/C16H36S/c1-5-9-13-17(14-10-6-2,15-11-7-3)16-12-8-4/h5-16H2,1-4H3.